The monoisotopic (exact) mass is 464 g/mol. The third-order valence-corrected chi connectivity index (χ3v) is 6.82. The van der Waals surface area contributed by atoms with Gasteiger partial charge in [-0.25, -0.2) is 4.79 Å². The first-order valence-corrected chi connectivity index (χ1v) is 11.4. The molecule has 0 unspecified atom stereocenters. The first-order valence-electron chi connectivity index (χ1n) is 11.4. The van der Waals surface area contributed by atoms with E-state index in [9.17, 15) is 14.7 Å². The number of phenolic OH excluding ortho intramolecular Hbond substituents is 1. The Morgan fingerprint density at radius 3 is 2.43 bits per heavy atom. The maximum Gasteiger partial charge on any atom is 0.331 e. The van der Waals surface area contributed by atoms with Gasteiger partial charge in [0, 0.05) is 14.1 Å². The molecule has 2 aromatic heterocycles. The van der Waals surface area contributed by atoms with E-state index in [1.165, 1.54) is 7.05 Å². The van der Waals surface area contributed by atoms with Crippen LogP contribution in [0.1, 0.15) is 22.9 Å². The van der Waals surface area contributed by atoms with Crippen LogP contribution >= 0.6 is 0 Å². The minimum absolute atomic E-state index is 0.147. The molecule has 1 aliphatic rings. The molecule has 0 fully saturated rings. The largest absolute Gasteiger partial charge is 0.508 e. The molecule has 0 saturated carbocycles. The van der Waals surface area contributed by atoms with Crippen LogP contribution < -0.4 is 16.6 Å². The molecule has 0 spiro atoms. The van der Waals surface area contributed by atoms with Gasteiger partial charge >= 0.3 is 5.69 Å². The van der Waals surface area contributed by atoms with Crippen molar-refractivity contribution in [3.8, 4) is 22.7 Å². The Balaban J connectivity index is 1.88. The van der Waals surface area contributed by atoms with E-state index in [-0.39, 0.29) is 17.0 Å². The molecule has 5 aromatic rings. The van der Waals surface area contributed by atoms with Gasteiger partial charge in [-0.05, 0) is 48.4 Å². The fourth-order valence-corrected chi connectivity index (χ4v) is 5.24. The zero-order chi connectivity index (χ0) is 24.4. The van der Waals surface area contributed by atoms with Crippen molar-refractivity contribution in [2.24, 2.45) is 14.1 Å². The minimum Gasteiger partial charge on any atom is -0.508 e. The molecule has 0 bridgehead atoms. The molecule has 3 heterocycles. The SMILES string of the molecule is Cc1cccc(-c2c3c(=O)n(C)c(=O)n(C)c3c3n2-c2ccccc2N[C@@H]3c2cccc(O)c2)c1. The van der Waals surface area contributed by atoms with Crippen molar-refractivity contribution in [1.29, 1.82) is 0 Å². The van der Waals surface area contributed by atoms with Crippen LogP contribution in [0, 0.1) is 6.92 Å². The number of fused-ring (bicyclic) bond motifs is 5. The van der Waals surface area contributed by atoms with Crippen molar-refractivity contribution >= 4 is 16.6 Å². The Morgan fingerprint density at radius 1 is 0.886 bits per heavy atom. The number of benzene rings is 3. The molecule has 0 radical (unpaired) electrons. The van der Waals surface area contributed by atoms with Crippen LogP contribution in [-0.2, 0) is 14.1 Å². The van der Waals surface area contributed by atoms with Gasteiger partial charge in [-0.3, -0.25) is 13.9 Å². The number of nitrogens with one attached hydrogen (secondary N) is 1. The molecule has 3 aromatic carbocycles. The Morgan fingerprint density at radius 2 is 1.66 bits per heavy atom. The number of hydrogen-bond acceptors (Lipinski definition) is 4. The summed E-state index contributed by atoms with van der Waals surface area (Å²) in [6.07, 6.45) is 0. The van der Waals surface area contributed by atoms with Gasteiger partial charge in [-0.2, -0.15) is 0 Å². The second-order valence-electron chi connectivity index (χ2n) is 9.06. The summed E-state index contributed by atoms with van der Waals surface area (Å²) in [4.78, 5) is 26.8. The number of aryl methyl sites for hydroxylation is 2. The highest BCUT2D eigenvalue weighted by molar-refractivity contribution is 5.99. The zero-order valence-electron chi connectivity index (χ0n) is 19.6. The molecule has 0 saturated heterocycles. The number of hydrogen-bond donors (Lipinski definition) is 2. The van der Waals surface area contributed by atoms with Gasteiger partial charge in [-0.1, -0.05) is 48.0 Å². The van der Waals surface area contributed by atoms with Gasteiger partial charge in [-0.15, -0.1) is 0 Å². The van der Waals surface area contributed by atoms with Gasteiger partial charge in [0.1, 0.15) is 5.75 Å². The molecule has 1 aliphatic heterocycles. The second-order valence-corrected chi connectivity index (χ2v) is 9.06. The summed E-state index contributed by atoms with van der Waals surface area (Å²) in [5.74, 6) is 0.147. The second kappa shape index (κ2) is 7.50. The standard InChI is InChI=1S/C28H24N4O3/c1-16-8-6-10-18(14-16)24-22-25(30(2)28(35)31(3)27(22)34)26-23(17-9-7-11-19(33)15-17)29-20-12-4-5-13-21(20)32(24)26/h4-15,23,29,33H,1-3H3/t23-/m1/s1. The number of para-hydroxylation sites is 2. The predicted octanol–water partition coefficient (Wildman–Crippen LogP) is 4.22. The van der Waals surface area contributed by atoms with Crippen molar-refractivity contribution in [1.82, 2.24) is 13.7 Å². The molecular weight excluding hydrogens is 440 g/mol. The number of phenols is 1. The van der Waals surface area contributed by atoms with Crippen LogP contribution in [0.25, 0.3) is 27.8 Å². The third kappa shape index (κ3) is 2.98. The number of rotatable bonds is 2. The Bertz CT molecular complexity index is 1770. The average Bonchev–Trinajstić information content (AvgIpc) is 3.22. The summed E-state index contributed by atoms with van der Waals surface area (Å²) in [6.45, 7) is 2.02. The molecular formula is C28H24N4O3. The predicted molar refractivity (Wildman–Crippen MR) is 138 cm³/mol. The van der Waals surface area contributed by atoms with Crippen LogP contribution in [0.15, 0.2) is 82.4 Å². The highest BCUT2D eigenvalue weighted by Gasteiger charge is 2.34. The Hall–Kier alpha value is -4.52. The molecule has 174 valence electrons. The summed E-state index contributed by atoms with van der Waals surface area (Å²) in [5, 5.41) is 14.3. The van der Waals surface area contributed by atoms with Crippen molar-refractivity contribution < 1.29 is 5.11 Å². The van der Waals surface area contributed by atoms with Crippen LogP contribution in [0.4, 0.5) is 5.69 Å². The van der Waals surface area contributed by atoms with Crippen molar-refractivity contribution in [2.75, 3.05) is 5.32 Å². The fraction of sp³-hybridized carbons (Fsp3) is 0.143. The molecule has 7 nitrogen and oxygen atoms in total. The van der Waals surface area contributed by atoms with Gasteiger partial charge in [0.05, 0.1) is 39.7 Å². The highest BCUT2D eigenvalue weighted by Crippen LogP contribution is 2.45. The summed E-state index contributed by atoms with van der Waals surface area (Å²) in [6, 6.07) is 22.6. The number of aromatic hydroxyl groups is 1. The van der Waals surface area contributed by atoms with E-state index in [1.807, 2.05) is 55.5 Å². The zero-order valence-corrected chi connectivity index (χ0v) is 19.6. The summed E-state index contributed by atoms with van der Waals surface area (Å²) < 4.78 is 4.81. The van der Waals surface area contributed by atoms with E-state index in [4.69, 9.17) is 0 Å². The topological polar surface area (TPSA) is 81.2 Å². The van der Waals surface area contributed by atoms with Gasteiger partial charge < -0.3 is 15.0 Å². The Kier molecular flexibility index (Phi) is 4.51. The quantitative estimate of drug-likeness (QED) is 0.410. The van der Waals surface area contributed by atoms with Crippen LogP contribution in [0.2, 0.25) is 0 Å². The molecule has 2 N–H and O–H groups in total. The lowest BCUT2D eigenvalue weighted by Gasteiger charge is -2.31. The number of aromatic nitrogens is 3. The molecule has 35 heavy (non-hydrogen) atoms. The van der Waals surface area contributed by atoms with E-state index < -0.39 is 6.04 Å². The van der Waals surface area contributed by atoms with E-state index in [2.05, 4.69) is 16.0 Å². The van der Waals surface area contributed by atoms with Gasteiger partial charge in [0.15, 0.2) is 0 Å². The molecule has 0 amide bonds. The minimum atomic E-state index is -0.407. The maximum absolute atomic E-state index is 13.7. The molecule has 7 heteroatoms. The van der Waals surface area contributed by atoms with Crippen LogP contribution in [0.5, 0.6) is 5.75 Å². The van der Waals surface area contributed by atoms with E-state index in [0.29, 0.717) is 10.9 Å². The lowest BCUT2D eigenvalue weighted by molar-refractivity contribution is 0.474. The smallest absolute Gasteiger partial charge is 0.331 e. The summed E-state index contributed by atoms with van der Waals surface area (Å²) >= 11 is 0. The third-order valence-electron chi connectivity index (χ3n) is 6.82. The van der Waals surface area contributed by atoms with E-state index >= 15 is 0 Å². The Labute approximate surface area is 201 Å². The first kappa shape index (κ1) is 21.0. The van der Waals surface area contributed by atoms with E-state index in [0.717, 1.165) is 44.0 Å². The van der Waals surface area contributed by atoms with Gasteiger partial charge in [0.25, 0.3) is 5.56 Å². The number of nitrogens with zero attached hydrogens (tertiary/aromatic N) is 3. The first-order chi connectivity index (χ1) is 16.9. The van der Waals surface area contributed by atoms with Crippen molar-refractivity contribution in [3.63, 3.8) is 0 Å². The molecule has 6 rings (SSSR count). The van der Waals surface area contributed by atoms with Crippen LogP contribution in [-0.4, -0.2) is 18.8 Å². The maximum atomic E-state index is 13.7. The van der Waals surface area contributed by atoms with E-state index in [1.54, 1.807) is 29.8 Å². The van der Waals surface area contributed by atoms with Crippen LogP contribution in [0.3, 0.4) is 0 Å². The van der Waals surface area contributed by atoms with Crippen molar-refractivity contribution in [2.45, 2.75) is 13.0 Å². The fourth-order valence-electron chi connectivity index (χ4n) is 5.24. The number of anilines is 1. The highest BCUT2D eigenvalue weighted by atomic mass is 16.3. The summed E-state index contributed by atoms with van der Waals surface area (Å²) in [5.41, 5.74) is 5.93. The summed E-state index contributed by atoms with van der Waals surface area (Å²) in [7, 11) is 3.21. The lowest BCUT2D eigenvalue weighted by atomic mass is 9.99. The average molecular weight is 465 g/mol. The molecule has 0 aliphatic carbocycles. The molecule has 1 atom stereocenters. The lowest BCUT2D eigenvalue weighted by Crippen LogP contribution is -2.37. The van der Waals surface area contributed by atoms with Crippen molar-refractivity contribution in [3.05, 3.63) is 110 Å². The normalized spacial score (nSPS) is 14.4. The van der Waals surface area contributed by atoms with Gasteiger partial charge in [0.2, 0.25) is 0 Å².